The molecule has 0 fully saturated rings. The van der Waals surface area contributed by atoms with Crippen molar-refractivity contribution in [3.8, 4) is 11.5 Å². The molecule has 0 aliphatic carbocycles. The van der Waals surface area contributed by atoms with E-state index in [0.717, 1.165) is 23.6 Å². The summed E-state index contributed by atoms with van der Waals surface area (Å²) >= 11 is 0. The van der Waals surface area contributed by atoms with Crippen LogP contribution in [0.5, 0.6) is 0 Å². The van der Waals surface area contributed by atoms with E-state index in [1.807, 2.05) is 11.7 Å². The van der Waals surface area contributed by atoms with Crippen LogP contribution in [0.2, 0.25) is 0 Å². The first-order valence-electron chi connectivity index (χ1n) is 5.87. The SMILES string of the molecule is CCc1cc(-c2nncn2C(C)(C)C)n(C)n1. The molecule has 17 heavy (non-hydrogen) atoms. The van der Waals surface area contributed by atoms with Gasteiger partial charge in [-0.3, -0.25) is 4.68 Å². The molecule has 2 aromatic rings. The van der Waals surface area contributed by atoms with Gasteiger partial charge in [-0.25, -0.2) is 0 Å². The van der Waals surface area contributed by atoms with Gasteiger partial charge in [-0.15, -0.1) is 10.2 Å². The Hall–Kier alpha value is -1.65. The van der Waals surface area contributed by atoms with Crippen molar-refractivity contribution in [3.63, 3.8) is 0 Å². The van der Waals surface area contributed by atoms with E-state index in [0.29, 0.717) is 0 Å². The van der Waals surface area contributed by atoms with Gasteiger partial charge in [0.05, 0.1) is 5.69 Å². The molecule has 0 spiro atoms. The first-order valence-corrected chi connectivity index (χ1v) is 5.87. The summed E-state index contributed by atoms with van der Waals surface area (Å²) in [7, 11) is 1.94. The minimum atomic E-state index is -0.0323. The van der Waals surface area contributed by atoms with E-state index in [2.05, 4.69) is 53.6 Å². The first-order chi connectivity index (χ1) is 7.93. The Kier molecular flexibility index (Phi) is 2.77. The van der Waals surface area contributed by atoms with Crippen molar-refractivity contribution in [1.82, 2.24) is 24.5 Å². The molecule has 5 nitrogen and oxygen atoms in total. The van der Waals surface area contributed by atoms with Crippen LogP contribution in [0.25, 0.3) is 11.5 Å². The average molecular weight is 233 g/mol. The van der Waals surface area contributed by atoms with Gasteiger partial charge >= 0.3 is 0 Å². The fraction of sp³-hybridized carbons (Fsp3) is 0.583. The summed E-state index contributed by atoms with van der Waals surface area (Å²) in [6, 6.07) is 2.08. The normalized spacial score (nSPS) is 12.1. The van der Waals surface area contributed by atoms with Crippen molar-refractivity contribution in [2.75, 3.05) is 0 Å². The first kappa shape index (κ1) is 11.8. The minimum Gasteiger partial charge on any atom is -0.307 e. The van der Waals surface area contributed by atoms with Crippen molar-refractivity contribution in [1.29, 1.82) is 0 Å². The Morgan fingerprint density at radius 1 is 1.29 bits per heavy atom. The summed E-state index contributed by atoms with van der Waals surface area (Å²) < 4.78 is 3.94. The summed E-state index contributed by atoms with van der Waals surface area (Å²) in [6.45, 7) is 8.51. The number of hydrogen-bond acceptors (Lipinski definition) is 3. The zero-order chi connectivity index (χ0) is 12.6. The minimum absolute atomic E-state index is 0.0323. The van der Waals surface area contributed by atoms with Crippen molar-refractivity contribution in [3.05, 3.63) is 18.1 Å². The molecule has 92 valence electrons. The fourth-order valence-corrected chi connectivity index (χ4v) is 1.81. The summed E-state index contributed by atoms with van der Waals surface area (Å²) in [5.74, 6) is 0.868. The lowest BCUT2D eigenvalue weighted by Crippen LogP contribution is -2.22. The summed E-state index contributed by atoms with van der Waals surface area (Å²) in [6.07, 6.45) is 2.70. The van der Waals surface area contributed by atoms with Crippen LogP contribution >= 0.6 is 0 Å². The Morgan fingerprint density at radius 3 is 2.53 bits per heavy atom. The molecule has 0 amide bonds. The Balaban J connectivity index is 2.53. The predicted octanol–water partition coefficient (Wildman–Crippen LogP) is 2.00. The number of rotatable bonds is 2. The molecule has 0 aliphatic heterocycles. The van der Waals surface area contributed by atoms with Crippen molar-refractivity contribution >= 4 is 0 Å². The summed E-state index contributed by atoms with van der Waals surface area (Å²) in [4.78, 5) is 0. The van der Waals surface area contributed by atoms with Crippen LogP contribution in [-0.2, 0) is 19.0 Å². The molecular weight excluding hydrogens is 214 g/mol. The zero-order valence-electron chi connectivity index (χ0n) is 11.1. The second-order valence-electron chi connectivity index (χ2n) is 5.19. The number of hydrogen-bond donors (Lipinski definition) is 0. The standard InChI is InChI=1S/C12H19N5/c1-6-9-7-10(16(5)15-9)11-14-13-8-17(11)12(2,3)4/h7-8H,6H2,1-5H3. The molecule has 0 N–H and O–H groups in total. The molecule has 0 saturated carbocycles. The van der Waals surface area contributed by atoms with Gasteiger partial charge in [0, 0.05) is 12.6 Å². The van der Waals surface area contributed by atoms with Gasteiger partial charge in [0.1, 0.15) is 12.0 Å². The molecule has 0 radical (unpaired) electrons. The Labute approximate surface area is 101 Å². The zero-order valence-corrected chi connectivity index (χ0v) is 11.1. The lowest BCUT2D eigenvalue weighted by atomic mass is 10.1. The maximum atomic E-state index is 4.44. The lowest BCUT2D eigenvalue weighted by molar-refractivity contribution is 0.398. The molecule has 0 atom stereocenters. The maximum Gasteiger partial charge on any atom is 0.182 e. The van der Waals surface area contributed by atoms with Crippen LogP contribution in [-0.4, -0.2) is 24.5 Å². The third-order valence-corrected chi connectivity index (χ3v) is 2.79. The Bertz CT molecular complexity index is 515. The molecule has 5 heteroatoms. The van der Waals surface area contributed by atoms with Crippen LogP contribution in [0.3, 0.4) is 0 Å². The topological polar surface area (TPSA) is 48.5 Å². The van der Waals surface area contributed by atoms with Gasteiger partial charge in [-0.05, 0) is 33.3 Å². The predicted molar refractivity (Wildman–Crippen MR) is 66.6 cm³/mol. The van der Waals surface area contributed by atoms with Crippen molar-refractivity contribution in [2.45, 2.75) is 39.7 Å². The van der Waals surface area contributed by atoms with Gasteiger partial charge in [0.25, 0.3) is 0 Å². The van der Waals surface area contributed by atoms with Crippen LogP contribution in [0.4, 0.5) is 0 Å². The molecule has 0 saturated heterocycles. The van der Waals surface area contributed by atoms with Crippen molar-refractivity contribution in [2.24, 2.45) is 7.05 Å². The molecule has 0 aromatic carbocycles. The molecule has 0 aliphatic rings. The highest BCUT2D eigenvalue weighted by Crippen LogP contribution is 2.23. The summed E-state index contributed by atoms with van der Waals surface area (Å²) in [5, 5.41) is 12.7. The van der Waals surface area contributed by atoms with E-state index in [1.54, 1.807) is 6.33 Å². The van der Waals surface area contributed by atoms with Crippen LogP contribution in [0.1, 0.15) is 33.4 Å². The van der Waals surface area contributed by atoms with E-state index >= 15 is 0 Å². The lowest BCUT2D eigenvalue weighted by Gasteiger charge is -2.22. The monoisotopic (exact) mass is 233 g/mol. The van der Waals surface area contributed by atoms with Gasteiger partial charge in [-0.1, -0.05) is 6.92 Å². The molecule has 2 heterocycles. The highest BCUT2D eigenvalue weighted by atomic mass is 15.3. The van der Waals surface area contributed by atoms with Crippen LogP contribution in [0, 0.1) is 0 Å². The second kappa shape index (κ2) is 3.98. The largest absolute Gasteiger partial charge is 0.307 e. The van der Waals surface area contributed by atoms with Gasteiger partial charge in [-0.2, -0.15) is 5.10 Å². The second-order valence-corrected chi connectivity index (χ2v) is 5.19. The molecule has 2 rings (SSSR count). The number of nitrogens with zero attached hydrogens (tertiary/aromatic N) is 5. The van der Waals surface area contributed by atoms with E-state index in [4.69, 9.17) is 0 Å². The van der Waals surface area contributed by atoms with E-state index in [9.17, 15) is 0 Å². The van der Waals surface area contributed by atoms with Crippen LogP contribution in [0.15, 0.2) is 12.4 Å². The van der Waals surface area contributed by atoms with E-state index in [-0.39, 0.29) is 5.54 Å². The third-order valence-electron chi connectivity index (χ3n) is 2.79. The maximum absolute atomic E-state index is 4.44. The molecule has 2 aromatic heterocycles. The average Bonchev–Trinajstić information content (AvgIpc) is 2.81. The van der Waals surface area contributed by atoms with Crippen molar-refractivity contribution < 1.29 is 0 Å². The number of aromatic nitrogens is 5. The molecule has 0 bridgehead atoms. The molecular formula is C12H19N5. The Morgan fingerprint density at radius 2 is 2.00 bits per heavy atom. The van der Waals surface area contributed by atoms with E-state index in [1.165, 1.54) is 0 Å². The highest BCUT2D eigenvalue weighted by Gasteiger charge is 2.21. The summed E-state index contributed by atoms with van der Waals surface area (Å²) in [5.41, 5.74) is 2.05. The smallest absolute Gasteiger partial charge is 0.182 e. The van der Waals surface area contributed by atoms with Crippen LogP contribution < -0.4 is 0 Å². The van der Waals surface area contributed by atoms with Gasteiger partial charge < -0.3 is 4.57 Å². The van der Waals surface area contributed by atoms with E-state index < -0.39 is 0 Å². The molecule has 0 unspecified atom stereocenters. The number of aryl methyl sites for hydroxylation is 2. The van der Waals surface area contributed by atoms with Gasteiger partial charge in [0.15, 0.2) is 5.82 Å². The third kappa shape index (κ3) is 2.09. The quantitative estimate of drug-likeness (QED) is 0.797. The van der Waals surface area contributed by atoms with Gasteiger partial charge in [0.2, 0.25) is 0 Å². The highest BCUT2D eigenvalue weighted by molar-refractivity contribution is 5.50. The fourth-order valence-electron chi connectivity index (χ4n) is 1.81.